The molecule has 0 amide bonds. The van der Waals surface area contributed by atoms with E-state index in [9.17, 15) is 18.0 Å². The Labute approximate surface area is 140 Å². The van der Waals surface area contributed by atoms with E-state index in [1.165, 1.54) is 6.07 Å². The van der Waals surface area contributed by atoms with Crippen molar-refractivity contribution in [3.05, 3.63) is 34.9 Å². The number of ketones is 1. The van der Waals surface area contributed by atoms with Gasteiger partial charge in [0, 0.05) is 6.42 Å². The molecule has 1 aliphatic carbocycles. The smallest absolute Gasteiger partial charge is 0.298 e. The number of carbonyl (C=O) groups excluding carboxylic acids is 1. The van der Waals surface area contributed by atoms with E-state index in [0.29, 0.717) is 17.9 Å². The Morgan fingerprint density at radius 2 is 1.87 bits per heavy atom. The third-order valence-corrected chi connectivity index (χ3v) is 5.25. The minimum absolute atomic E-state index is 0.0682. The number of alkyl halides is 4. The van der Waals surface area contributed by atoms with Gasteiger partial charge in [-0.1, -0.05) is 12.1 Å². The van der Waals surface area contributed by atoms with Crippen LogP contribution in [0.4, 0.5) is 13.2 Å². The van der Waals surface area contributed by atoms with Gasteiger partial charge in [0.1, 0.15) is 5.78 Å². The average molecular weight is 347 g/mol. The molecule has 1 aromatic rings. The quantitative estimate of drug-likeness (QED) is 0.609. The van der Waals surface area contributed by atoms with Crippen molar-refractivity contribution >= 4 is 17.4 Å². The lowest BCUT2D eigenvalue weighted by Gasteiger charge is -2.30. The van der Waals surface area contributed by atoms with Crippen LogP contribution in [0.1, 0.15) is 61.1 Å². The zero-order chi connectivity index (χ0) is 17.0. The number of halogens is 4. The minimum atomic E-state index is -4.29. The zero-order valence-electron chi connectivity index (χ0n) is 13.3. The molecule has 0 unspecified atom stereocenters. The van der Waals surface area contributed by atoms with Crippen LogP contribution in [0.2, 0.25) is 0 Å². The van der Waals surface area contributed by atoms with Crippen molar-refractivity contribution in [1.29, 1.82) is 0 Å². The van der Waals surface area contributed by atoms with Gasteiger partial charge in [0.25, 0.3) is 0 Å². The first kappa shape index (κ1) is 18.3. The number of hydrogen-bond donors (Lipinski definition) is 0. The van der Waals surface area contributed by atoms with Crippen molar-refractivity contribution in [2.45, 2.75) is 57.5 Å². The molecule has 2 rings (SSSR count). The normalized spacial score (nSPS) is 22.1. The first-order valence-electron chi connectivity index (χ1n) is 8.07. The lowest BCUT2D eigenvalue weighted by molar-refractivity contribution is -0.138. The van der Waals surface area contributed by atoms with Gasteiger partial charge >= 0.3 is 6.18 Å². The molecule has 1 aromatic carbocycles. The summed E-state index contributed by atoms with van der Waals surface area (Å²) in [5.74, 6) is 0.822. The summed E-state index contributed by atoms with van der Waals surface area (Å²) in [4.78, 5) is 11.3. The molecular weight excluding hydrogens is 325 g/mol. The summed E-state index contributed by atoms with van der Waals surface area (Å²) in [7, 11) is 0. The van der Waals surface area contributed by atoms with E-state index in [1.807, 2.05) is 6.07 Å². The van der Waals surface area contributed by atoms with Crippen molar-refractivity contribution in [2.75, 3.05) is 5.88 Å². The van der Waals surface area contributed by atoms with E-state index >= 15 is 0 Å². The predicted molar refractivity (Wildman–Crippen MR) is 85.8 cm³/mol. The number of carbonyl (C=O) groups is 1. The Bertz CT molecular complexity index is 546. The fraction of sp³-hybridized carbons (Fsp3) is 0.611. The summed E-state index contributed by atoms with van der Waals surface area (Å²) in [5, 5.41) is 0. The maximum absolute atomic E-state index is 13.0. The molecule has 0 aliphatic heterocycles. The third-order valence-electron chi connectivity index (χ3n) is 4.95. The van der Waals surface area contributed by atoms with E-state index in [1.54, 1.807) is 6.92 Å². The highest BCUT2D eigenvalue weighted by molar-refractivity contribution is 6.27. The highest BCUT2D eigenvalue weighted by Gasteiger charge is 2.34. The molecule has 5 heteroatoms. The molecule has 1 nitrogen and oxygen atoms in total. The van der Waals surface area contributed by atoms with Gasteiger partial charge in [0.2, 0.25) is 0 Å². The monoisotopic (exact) mass is 346 g/mol. The van der Waals surface area contributed by atoms with E-state index in [4.69, 9.17) is 11.6 Å². The molecule has 23 heavy (non-hydrogen) atoms. The minimum Gasteiger partial charge on any atom is -0.298 e. The molecular formula is C18H22ClF3O. The predicted octanol–water partition coefficient (Wildman–Crippen LogP) is 5.88. The van der Waals surface area contributed by atoms with Crippen LogP contribution < -0.4 is 0 Å². The highest BCUT2D eigenvalue weighted by Crippen LogP contribution is 2.41. The van der Waals surface area contributed by atoms with E-state index in [-0.39, 0.29) is 17.6 Å². The SMILES string of the molecule is Cc1c(C2CCC(CCC(=O)CCl)CC2)cccc1C(F)(F)F. The number of benzene rings is 1. The molecule has 0 spiro atoms. The number of hydrogen-bond acceptors (Lipinski definition) is 1. The van der Waals surface area contributed by atoms with Crippen LogP contribution in [0.5, 0.6) is 0 Å². The van der Waals surface area contributed by atoms with Gasteiger partial charge in [-0.3, -0.25) is 4.79 Å². The van der Waals surface area contributed by atoms with Crippen LogP contribution in [0, 0.1) is 12.8 Å². The molecule has 0 radical (unpaired) electrons. The molecule has 0 heterocycles. The van der Waals surface area contributed by atoms with Gasteiger partial charge in [-0.05, 0) is 68.1 Å². The molecule has 1 fully saturated rings. The number of rotatable bonds is 5. The fourth-order valence-corrected chi connectivity index (χ4v) is 3.73. The van der Waals surface area contributed by atoms with Gasteiger partial charge in [-0.2, -0.15) is 13.2 Å². The van der Waals surface area contributed by atoms with Crippen LogP contribution in [0.3, 0.4) is 0 Å². The molecule has 0 N–H and O–H groups in total. The first-order valence-corrected chi connectivity index (χ1v) is 8.60. The third kappa shape index (κ3) is 4.72. The van der Waals surface area contributed by atoms with Crippen LogP contribution in [0.15, 0.2) is 18.2 Å². The summed E-state index contributed by atoms with van der Waals surface area (Å²) < 4.78 is 39.1. The Hall–Kier alpha value is -1.03. The molecule has 0 bridgehead atoms. The molecule has 0 atom stereocenters. The van der Waals surface area contributed by atoms with Crippen molar-refractivity contribution < 1.29 is 18.0 Å². The molecule has 1 aliphatic rings. The Morgan fingerprint density at radius 1 is 1.22 bits per heavy atom. The van der Waals surface area contributed by atoms with Gasteiger partial charge in [0.15, 0.2) is 0 Å². The largest absolute Gasteiger partial charge is 0.416 e. The number of Topliss-reactive ketones (excluding diaryl/α,β-unsaturated/α-hetero) is 1. The topological polar surface area (TPSA) is 17.1 Å². The van der Waals surface area contributed by atoms with Crippen molar-refractivity contribution in [3.8, 4) is 0 Å². The summed E-state index contributed by atoms with van der Waals surface area (Å²) in [5.41, 5.74) is 0.667. The molecule has 0 aromatic heterocycles. The Morgan fingerprint density at radius 3 is 2.43 bits per heavy atom. The van der Waals surface area contributed by atoms with Crippen molar-refractivity contribution in [3.63, 3.8) is 0 Å². The van der Waals surface area contributed by atoms with Gasteiger partial charge in [0.05, 0.1) is 11.4 Å². The van der Waals surface area contributed by atoms with Gasteiger partial charge < -0.3 is 0 Å². The second-order valence-electron chi connectivity index (χ2n) is 6.45. The maximum atomic E-state index is 13.0. The van der Waals surface area contributed by atoms with Crippen molar-refractivity contribution in [1.82, 2.24) is 0 Å². The molecule has 1 saturated carbocycles. The first-order chi connectivity index (χ1) is 10.8. The van der Waals surface area contributed by atoms with E-state index in [2.05, 4.69) is 0 Å². The molecule has 128 valence electrons. The Kier molecular flexibility index (Phi) is 6.12. The van der Waals surface area contributed by atoms with Crippen LogP contribution in [0.25, 0.3) is 0 Å². The second kappa shape index (κ2) is 7.69. The van der Waals surface area contributed by atoms with Crippen LogP contribution in [-0.4, -0.2) is 11.7 Å². The summed E-state index contributed by atoms with van der Waals surface area (Å²) in [6, 6.07) is 4.49. The second-order valence-corrected chi connectivity index (χ2v) is 6.71. The average Bonchev–Trinajstić information content (AvgIpc) is 2.52. The standard InChI is InChI=1S/C18H22ClF3O/c1-12-16(3-2-4-17(12)18(20,21)22)14-8-5-13(6-9-14)7-10-15(23)11-19/h2-4,13-14H,5-11H2,1H3. The van der Waals surface area contributed by atoms with Crippen LogP contribution in [-0.2, 0) is 11.0 Å². The molecule has 0 saturated heterocycles. The summed E-state index contributed by atoms with van der Waals surface area (Å²) in [6.45, 7) is 1.57. The lowest BCUT2D eigenvalue weighted by Crippen LogP contribution is -2.17. The maximum Gasteiger partial charge on any atom is 0.416 e. The Balaban J connectivity index is 1.99. The van der Waals surface area contributed by atoms with Gasteiger partial charge in [-0.25, -0.2) is 0 Å². The van der Waals surface area contributed by atoms with Crippen molar-refractivity contribution in [2.24, 2.45) is 5.92 Å². The summed E-state index contributed by atoms with van der Waals surface area (Å²) in [6.07, 6.45) is 0.788. The highest BCUT2D eigenvalue weighted by atomic mass is 35.5. The van der Waals surface area contributed by atoms with E-state index in [0.717, 1.165) is 43.7 Å². The zero-order valence-corrected chi connectivity index (χ0v) is 14.0. The summed E-state index contributed by atoms with van der Waals surface area (Å²) >= 11 is 5.50. The van der Waals surface area contributed by atoms with Gasteiger partial charge in [-0.15, -0.1) is 11.6 Å². The fourth-order valence-electron chi connectivity index (χ4n) is 3.60. The lowest BCUT2D eigenvalue weighted by atomic mass is 9.75. The van der Waals surface area contributed by atoms with Crippen LogP contribution >= 0.6 is 11.6 Å². The van der Waals surface area contributed by atoms with E-state index < -0.39 is 11.7 Å².